The Kier molecular flexibility index (Phi) is 5.04. The minimum absolute atomic E-state index is 0.252. The van der Waals surface area contributed by atoms with Crippen LogP contribution in [0, 0.1) is 0 Å². The number of halogens is 3. The van der Waals surface area contributed by atoms with Crippen LogP contribution in [0.5, 0.6) is 0 Å². The van der Waals surface area contributed by atoms with Gasteiger partial charge in [0.15, 0.2) is 0 Å². The molecular formula is C14H16F3N3O2. The van der Waals surface area contributed by atoms with Crippen molar-refractivity contribution in [2.45, 2.75) is 24.7 Å². The standard InChI is InChI=1S/C14H16F3N3O2/c15-14(16,17)10-3-1-2-9(8-10)11(18)4-6-19-13(21)12-5-7-22-20-12/h1-3,5,7-8,11-12,20H,4,6,18H2,(H,19,21). The number of hydroxylamine groups is 1. The van der Waals surface area contributed by atoms with Crippen molar-refractivity contribution >= 4 is 5.91 Å². The smallest absolute Gasteiger partial charge is 0.416 e. The van der Waals surface area contributed by atoms with Gasteiger partial charge in [-0.15, -0.1) is 5.48 Å². The summed E-state index contributed by atoms with van der Waals surface area (Å²) in [7, 11) is 0. The monoisotopic (exact) mass is 315 g/mol. The van der Waals surface area contributed by atoms with E-state index >= 15 is 0 Å². The molecule has 0 radical (unpaired) electrons. The number of hydrogen-bond donors (Lipinski definition) is 3. The Bertz CT molecular complexity index is 561. The van der Waals surface area contributed by atoms with Crippen molar-refractivity contribution in [3.05, 3.63) is 47.7 Å². The van der Waals surface area contributed by atoms with E-state index in [-0.39, 0.29) is 12.5 Å². The fourth-order valence-corrected chi connectivity index (χ4v) is 1.98. The minimum Gasteiger partial charge on any atom is -0.416 e. The second-order valence-electron chi connectivity index (χ2n) is 4.85. The van der Waals surface area contributed by atoms with E-state index in [1.807, 2.05) is 0 Å². The highest BCUT2D eigenvalue weighted by Crippen LogP contribution is 2.30. The van der Waals surface area contributed by atoms with Gasteiger partial charge in [-0.05, 0) is 30.2 Å². The van der Waals surface area contributed by atoms with Crippen LogP contribution in [0.1, 0.15) is 23.6 Å². The number of carbonyl (C=O) groups excluding carboxylic acids is 1. The number of benzene rings is 1. The highest BCUT2D eigenvalue weighted by atomic mass is 19.4. The maximum atomic E-state index is 12.6. The zero-order valence-corrected chi connectivity index (χ0v) is 11.6. The molecule has 1 aliphatic rings. The SMILES string of the molecule is NC(CCNC(=O)C1C=CON1)c1cccc(C(F)(F)F)c1. The number of nitrogens with one attached hydrogen (secondary N) is 2. The van der Waals surface area contributed by atoms with Crippen molar-refractivity contribution in [1.29, 1.82) is 0 Å². The van der Waals surface area contributed by atoms with Crippen molar-refractivity contribution in [3.63, 3.8) is 0 Å². The number of amides is 1. The number of nitrogens with two attached hydrogens (primary N) is 1. The fraction of sp³-hybridized carbons (Fsp3) is 0.357. The van der Waals surface area contributed by atoms with Gasteiger partial charge in [0.25, 0.3) is 0 Å². The Morgan fingerprint density at radius 3 is 2.86 bits per heavy atom. The molecule has 1 heterocycles. The minimum atomic E-state index is -4.40. The number of alkyl halides is 3. The molecule has 2 atom stereocenters. The Hall–Kier alpha value is -2.06. The first-order valence-corrected chi connectivity index (χ1v) is 6.66. The lowest BCUT2D eigenvalue weighted by molar-refractivity contribution is -0.137. The Morgan fingerprint density at radius 2 is 2.23 bits per heavy atom. The molecule has 1 aromatic carbocycles. The molecule has 2 unspecified atom stereocenters. The summed E-state index contributed by atoms with van der Waals surface area (Å²) >= 11 is 0. The summed E-state index contributed by atoms with van der Waals surface area (Å²) in [4.78, 5) is 16.4. The Labute approximate surface area is 125 Å². The molecule has 0 aliphatic carbocycles. The lowest BCUT2D eigenvalue weighted by Crippen LogP contribution is -2.40. The van der Waals surface area contributed by atoms with Gasteiger partial charge in [-0.1, -0.05) is 12.1 Å². The molecule has 5 nitrogen and oxygen atoms in total. The van der Waals surface area contributed by atoms with E-state index in [1.165, 1.54) is 18.4 Å². The van der Waals surface area contributed by atoms with Gasteiger partial charge in [0.05, 0.1) is 5.56 Å². The van der Waals surface area contributed by atoms with E-state index in [2.05, 4.69) is 10.8 Å². The van der Waals surface area contributed by atoms with Gasteiger partial charge in [-0.3, -0.25) is 4.79 Å². The van der Waals surface area contributed by atoms with Crippen molar-refractivity contribution in [3.8, 4) is 0 Å². The van der Waals surface area contributed by atoms with E-state index in [0.29, 0.717) is 12.0 Å². The number of carbonyl (C=O) groups is 1. The molecule has 0 saturated carbocycles. The van der Waals surface area contributed by atoms with E-state index in [0.717, 1.165) is 12.1 Å². The van der Waals surface area contributed by atoms with E-state index in [9.17, 15) is 18.0 Å². The van der Waals surface area contributed by atoms with Crippen molar-refractivity contribution in [2.24, 2.45) is 5.73 Å². The third kappa shape index (κ3) is 4.22. The van der Waals surface area contributed by atoms with Gasteiger partial charge in [0, 0.05) is 12.6 Å². The molecule has 0 bridgehead atoms. The molecule has 1 aromatic rings. The molecule has 0 fully saturated rings. The van der Waals surface area contributed by atoms with Gasteiger partial charge in [0.1, 0.15) is 12.3 Å². The highest BCUT2D eigenvalue weighted by Gasteiger charge is 2.30. The van der Waals surface area contributed by atoms with Crippen LogP contribution < -0.4 is 16.5 Å². The molecule has 4 N–H and O–H groups in total. The first-order valence-electron chi connectivity index (χ1n) is 6.66. The summed E-state index contributed by atoms with van der Waals surface area (Å²) in [6, 6.07) is 3.73. The van der Waals surface area contributed by atoms with Gasteiger partial charge in [-0.2, -0.15) is 13.2 Å². The average molecular weight is 315 g/mol. The van der Waals surface area contributed by atoms with Crippen LogP contribution in [-0.4, -0.2) is 18.5 Å². The zero-order valence-electron chi connectivity index (χ0n) is 11.6. The van der Waals surface area contributed by atoms with Gasteiger partial charge >= 0.3 is 6.18 Å². The van der Waals surface area contributed by atoms with E-state index in [4.69, 9.17) is 10.6 Å². The van der Waals surface area contributed by atoms with Gasteiger partial charge in [-0.25, -0.2) is 0 Å². The molecule has 1 aliphatic heterocycles. The first-order chi connectivity index (χ1) is 10.4. The van der Waals surface area contributed by atoms with Crippen LogP contribution in [0.4, 0.5) is 13.2 Å². The second kappa shape index (κ2) is 6.80. The quantitative estimate of drug-likeness (QED) is 0.772. The first kappa shape index (κ1) is 16.3. The lowest BCUT2D eigenvalue weighted by Gasteiger charge is -2.15. The predicted octanol–water partition coefficient (Wildman–Crippen LogP) is 1.63. The van der Waals surface area contributed by atoms with Crippen LogP contribution in [-0.2, 0) is 15.8 Å². The van der Waals surface area contributed by atoms with E-state index in [1.54, 1.807) is 6.08 Å². The molecule has 8 heteroatoms. The maximum absolute atomic E-state index is 12.6. The van der Waals surface area contributed by atoms with E-state index < -0.39 is 23.8 Å². The fourth-order valence-electron chi connectivity index (χ4n) is 1.98. The Balaban J connectivity index is 1.85. The molecule has 2 rings (SSSR count). The van der Waals surface area contributed by atoms with Gasteiger partial charge in [0.2, 0.25) is 5.91 Å². The third-order valence-corrected chi connectivity index (χ3v) is 3.21. The summed E-state index contributed by atoms with van der Waals surface area (Å²) in [5, 5.41) is 2.64. The molecule has 120 valence electrons. The normalized spacial score (nSPS) is 18.8. The van der Waals surface area contributed by atoms with Gasteiger partial charge < -0.3 is 15.9 Å². The number of hydrogen-bond acceptors (Lipinski definition) is 4. The molecule has 1 amide bonds. The van der Waals surface area contributed by atoms with Crippen molar-refractivity contribution in [1.82, 2.24) is 10.8 Å². The summed E-state index contributed by atoms with van der Waals surface area (Å²) in [6.45, 7) is 0.252. The Morgan fingerprint density at radius 1 is 1.45 bits per heavy atom. The number of rotatable bonds is 5. The third-order valence-electron chi connectivity index (χ3n) is 3.21. The van der Waals surface area contributed by atoms with Crippen molar-refractivity contribution in [2.75, 3.05) is 6.54 Å². The van der Waals surface area contributed by atoms with Crippen LogP contribution in [0.15, 0.2) is 36.6 Å². The second-order valence-corrected chi connectivity index (χ2v) is 4.85. The van der Waals surface area contributed by atoms with Crippen LogP contribution >= 0.6 is 0 Å². The zero-order chi connectivity index (χ0) is 16.2. The summed E-state index contributed by atoms with van der Waals surface area (Å²) in [5.74, 6) is -0.287. The molecule has 22 heavy (non-hydrogen) atoms. The van der Waals surface area contributed by atoms with Crippen LogP contribution in [0.2, 0.25) is 0 Å². The largest absolute Gasteiger partial charge is 0.416 e. The van der Waals surface area contributed by atoms with Crippen molar-refractivity contribution < 1.29 is 22.8 Å². The average Bonchev–Trinajstić information content (AvgIpc) is 3.00. The highest BCUT2D eigenvalue weighted by molar-refractivity contribution is 5.83. The topological polar surface area (TPSA) is 76.4 Å². The lowest BCUT2D eigenvalue weighted by atomic mass is 10.0. The molecule has 0 spiro atoms. The summed E-state index contributed by atoms with van der Waals surface area (Å²) < 4.78 is 37.9. The summed E-state index contributed by atoms with van der Waals surface area (Å²) in [5.41, 5.74) is 7.99. The van der Waals surface area contributed by atoms with Crippen LogP contribution in [0.3, 0.4) is 0 Å². The predicted molar refractivity (Wildman–Crippen MR) is 73.1 cm³/mol. The maximum Gasteiger partial charge on any atom is 0.416 e. The molecule has 0 saturated heterocycles. The summed E-state index contributed by atoms with van der Waals surface area (Å²) in [6.07, 6.45) is -1.17. The molecular weight excluding hydrogens is 299 g/mol. The molecule has 0 aromatic heterocycles. The van der Waals surface area contributed by atoms with Crippen LogP contribution in [0.25, 0.3) is 0 Å².